The van der Waals surface area contributed by atoms with E-state index >= 15 is 0 Å². The maximum atomic E-state index is 12.8. The lowest BCUT2D eigenvalue weighted by molar-refractivity contribution is 0.0951. The Hall–Kier alpha value is -2.77. The lowest BCUT2D eigenvalue weighted by Gasteiger charge is -2.33. The molecule has 2 aliphatic carbocycles. The van der Waals surface area contributed by atoms with Crippen molar-refractivity contribution >= 4 is 23.7 Å². The van der Waals surface area contributed by atoms with Crippen molar-refractivity contribution in [1.29, 1.82) is 0 Å². The summed E-state index contributed by atoms with van der Waals surface area (Å²) in [7, 11) is 0. The number of likely N-dealkylation sites (tertiary alicyclic amines) is 1. The van der Waals surface area contributed by atoms with Crippen LogP contribution in [0.15, 0.2) is 18.2 Å². The van der Waals surface area contributed by atoms with Crippen LogP contribution in [0.4, 0.5) is 15.3 Å². The number of benzene rings is 1. The molecule has 1 aromatic carbocycles. The van der Waals surface area contributed by atoms with Crippen molar-refractivity contribution in [1.82, 2.24) is 20.9 Å². The van der Waals surface area contributed by atoms with Crippen molar-refractivity contribution in [2.45, 2.75) is 82.8 Å². The van der Waals surface area contributed by atoms with Crippen molar-refractivity contribution in [3.05, 3.63) is 29.3 Å². The number of rotatable bonds is 5. The number of hydrogen-bond acceptors (Lipinski definition) is 3. The van der Waals surface area contributed by atoms with E-state index < -0.39 is 0 Å². The van der Waals surface area contributed by atoms with Gasteiger partial charge in [-0.05, 0) is 63.1 Å². The van der Waals surface area contributed by atoms with Crippen LogP contribution in [0.3, 0.4) is 0 Å². The highest BCUT2D eigenvalue weighted by Crippen LogP contribution is 2.22. The van der Waals surface area contributed by atoms with Crippen molar-refractivity contribution in [2.75, 3.05) is 18.4 Å². The molecule has 32 heavy (non-hydrogen) atoms. The van der Waals surface area contributed by atoms with Gasteiger partial charge in [-0.3, -0.25) is 4.79 Å². The molecule has 8 heteroatoms. The van der Waals surface area contributed by atoms with Crippen molar-refractivity contribution in [3.63, 3.8) is 0 Å². The molecule has 0 aromatic heterocycles. The number of nitrogens with zero attached hydrogens (tertiary/aromatic N) is 1. The molecule has 0 spiro atoms. The van der Waals surface area contributed by atoms with Crippen molar-refractivity contribution in [2.24, 2.45) is 0 Å². The zero-order valence-corrected chi connectivity index (χ0v) is 18.9. The molecule has 3 fully saturated rings. The molecular formula is C24H35N5O3. The number of urea groups is 2. The van der Waals surface area contributed by atoms with Crippen LogP contribution in [-0.2, 0) is 0 Å². The van der Waals surface area contributed by atoms with Gasteiger partial charge < -0.3 is 26.2 Å². The molecule has 1 aliphatic heterocycles. The van der Waals surface area contributed by atoms with E-state index in [-0.39, 0.29) is 24.0 Å². The molecule has 1 heterocycles. The third kappa shape index (κ3) is 6.14. The van der Waals surface area contributed by atoms with Gasteiger partial charge in [-0.25, -0.2) is 9.59 Å². The van der Waals surface area contributed by atoms with E-state index in [0.29, 0.717) is 36.4 Å². The van der Waals surface area contributed by atoms with Crippen LogP contribution in [-0.4, -0.2) is 54.1 Å². The van der Waals surface area contributed by atoms with E-state index in [1.165, 1.54) is 19.3 Å². The summed E-state index contributed by atoms with van der Waals surface area (Å²) in [5, 5.41) is 12.1. The van der Waals surface area contributed by atoms with Crippen LogP contribution in [0.2, 0.25) is 0 Å². The Morgan fingerprint density at radius 1 is 0.812 bits per heavy atom. The first-order valence-electron chi connectivity index (χ1n) is 12.0. The maximum absolute atomic E-state index is 12.8. The average Bonchev–Trinajstić information content (AvgIpc) is 3.60. The Morgan fingerprint density at radius 3 is 2.09 bits per heavy atom. The SMILES string of the molecule is Cc1ccc(C(=O)NC2CC2)cc1NC(=O)N1CCC(NC(=O)NC2CCCCC2)CC1. The highest BCUT2D eigenvalue weighted by atomic mass is 16.2. The van der Waals surface area contributed by atoms with E-state index in [2.05, 4.69) is 21.3 Å². The van der Waals surface area contributed by atoms with Gasteiger partial charge in [-0.1, -0.05) is 25.3 Å². The van der Waals surface area contributed by atoms with Crippen LogP contribution in [0, 0.1) is 6.92 Å². The first-order valence-corrected chi connectivity index (χ1v) is 12.0. The van der Waals surface area contributed by atoms with E-state index in [9.17, 15) is 14.4 Å². The summed E-state index contributed by atoms with van der Waals surface area (Å²) in [6.45, 7) is 3.08. The van der Waals surface area contributed by atoms with Crippen molar-refractivity contribution < 1.29 is 14.4 Å². The smallest absolute Gasteiger partial charge is 0.321 e. The molecule has 1 aromatic rings. The summed E-state index contributed by atoms with van der Waals surface area (Å²) in [4.78, 5) is 39.2. The fourth-order valence-corrected chi connectivity index (χ4v) is 4.47. The molecule has 0 atom stereocenters. The van der Waals surface area contributed by atoms with Gasteiger partial charge in [0.1, 0.15) is 0 Å². The number of amides is 5. The molecule has 174 valence electrons. The summed E-state index contributed by atoms with van der Waals surface area (Å²) >= 11 is 0. The van der Waals surface area contributed by atoms with Gasteiger partial charge in [0.05, 0.1) is 0 Å². The summed E-state index contributed by atoms with van der Waals surface area (Å²) in [6, 6.07) is 5.81. The number of anilines is 1. The van der Waals surface area contributed by atoms with Crippen LogP contribution in [0.25, 0.3) is 0 Å². The standard InChI is InChI=1S/C24H35N5O3/c1-16-7-8-17(22(30)25-19-9-10-19)15-21(16)28-24(32)29-13-11-20(12-14-29)27-23(31)26-18-5-3-2-4-6-18/h7-8,15,18-20H,2-6,9-14H2,1H3,(H,25,30)(H,28,32)(H2,26,27,31). The molecule has 5 amide bonds. The van der Waals surface area contributed by atoms with Gasteiger partial charge in [-0.15, -0.1) is 0 Å². The van der Waals surface area contributed by atoms with Gasteiger partial charge in [0.2, 0.25) is 0 Å². The summed E-state index contributed by atoms with van der Waals surface area (Å²) in [6.07, 6.45) is 9.30. The largest absolute Gasteiger partial charge is 0.349 e. The molecule has 0 bridgehead atoms. The number of carbonyl (C=O) groups excluding carboxylic acids is 3. The third-order valence-corrected chi connectivity index (χ3v) is 6.71. The van der Waals surface area contributed by atoms with E-state index in [1.54, 1.807) is 17.0 Å². The first-order chi connectivity index (χ1) is 15.5. The fraction of sp³-hybridized carbons (Fsp3) is 0.625. The van der Waals surface area contributed by atoms with E-state index in [0.717, 1.165) is 44.1 Å². The quantitative estimate of drug-likeness (QED) is 0.562. The fourth-order valence-electron chi connectivity index (χ4n) is 4.47. The highest BCUT2D eigenvalue weighted by molar-refractivity contribution is 5.97. The summed E-state index contributed by atoms with van der Waals surface area (Å²) in [5.74, 6) is -0.0959. The highest BCUT2D eigenvalue weighted by Gasteiger charge is 2.26. The van der Waals surface area contributed by atoms with Gasteiger partial charge in [0.25, 0.3) is 5.91 Å². The van der Waals surface area contributed by atoms with Gasteiger partial charge >= 0.3 is 12.1 Å². The second-order valence-electron chi connectivity index (χ2n) is 9.42. The average molecular weight is 442 g/mol. The third-order valence-electron chi connectivity index (χ3n) is 6.71. The topological polar surface area (TPSA) is 103 Å². The number of hydrogen-bond donors (Lipinski definition) is 4. The molecule has 8 nitrogen and oxygen atoms in total. The molecule has 4 N–H and O–H groups in total. The Labute approximate surface area is 189 Å². The lowest BCUT2D eigenvalue weighted by atomic mass is 9.96. The Morgan fingerprint density at radius 2 is 1.44 bits per heavy atom. The van der Waals surface area contributed by atoms with Crippen molar-refractivity contribution in [3.8, 4) is 0 Å². The van der Waals surface area contributed by atoms with Gasteiger partial charge in [-0.2, -0.15) is 0 Å². The number of nitrogens with one attached hydrogen (secondary N) is 4. The minimum Gasteiger partial charge on any atom is -0.349 e. The minimum absolute atomic E-state index is 0.0822. The van der Waals surface area contributed by atoms with Crippen LogP contribution < -0.4 is 21.3 Å². The van der Waals surface area contributed by atoms with E-state index in [4.69, 9.17) is 0 Å². The lowest BCUT2D eigenvalue weighted by Crippen LogP contribution is -2.51. The molecule has 0 unspecified atom stereocenters. The summed E-state index contributed by atoms with van der Waals surface area (Å²) in [5.41, 5.74) is 2.13. The predicted molar refractivity (Wildman–Crippen MR) is 124 cm³/mol. The molecule has 4 rings (SSSR count). The second-order valence-corrected chi connectivity index (χ2v) is 9.42. The van der Waals surface area contributed by atoms with Gasteiger partial charge in [0, 0.05) is 42.5 Å². The van der Waals surface area contributed by atoms with Crippen LogP contribution in [0.5, 0.6) is 0 Å². The number of piperidine rings is 1. The minimum atomic E-state index is -0.169. The first kappa shape index (κ1) is 22.4. The Balaban J connectivity index is 1.23. The van der Waals surface area contributed by atoms with E-state index in [1.807, 2.05) is 13.0 Å². The Kier molecular flexibility index (Phi) is 7.17. The normalized spacial score (nSPS) is 19.8. The molecule has 0 radical (unpaired) electrons. The van der Waals surface area contributed by atoms with Gasteiger partial charge in [0.15, 0.2) is 0 Å². The number of aryl methyl sites for hydroxylation is 1. The van der Waals surface area contributed by atoms with Crippen LogP contribution >= 0.6 is 0 Å². The molecule has 1 saturated heterocycles. The maximum Gasteiger partial charge on any atom is 0.321 e. The van der Waals surface area contributed by atoms with Crippen LogP contribution in [0.1, 0.15) is 73.7 Å². The molecular weight excluding hydrogens is 406 g/mol. The molecule has 2 saturated carbocycles. The molecule has 3 aliphatic rings. The number of carbonyl (C=O) groups is 3. The zero-order chi connectivity index (χ0) is 22.5. The predicted octanol–water partition coefficient (Wildman–Crippen LogP) is 3.52. The second kappa shape index (κ2) is 10.2. The monoisotopic (exact) mass is 441 g/mol. The Bertz CT molecular complexity index is 840. The zero-order valence-electron chi connectivity index (χ0n) is 18.9. The summed E-state index contributed by atoms with van der Waals surface area (Å²) < 4.78 is 0.